The summed E-state index contributed by atoms with van der Waals surface area (Å²) in [5.74, 6) is 1.47. The molecule has 1 aromatic carbocycles. The zero-order valence-corrected chi connectivity index (χ0v) is 8.82. The van der Waals surface area contributed by atoms with Crippen molar-refractivity contribution in [3.63, 3.8) is 0 Å². The molecule has 13 heavy (non-hydrogen) atoms. The number of terminal acetylenes is 1. The Labute approximate surface area is 89.4 Å². The van der Waals surface area contributed by atoms with Crippen molar-refractivity contribution in [3.8, 4) is 12.3 Å². The van der Waals surface area contributed by atoms with Gasteiger partial charge in [0.2, 0.25) is 0 Å². The van der Waals surface area contributed by atoms with Crippen LogP contribution in [-0.2, 0) is 4.79 Å². The van der Waals surface area contributed by atoms with Crippen LogP contribution in [0.25, 0.3) is 0 Å². The summed E-state index contributed by atoms with van der Waals surface area (Å²) in [4.78, 5) is 10.8. The molecule has 66 valence electrons. The van der Waals surface area contributed by atoms with Gasteiger partial charge in [-0.15, -0.1) is 6.42 Å². The third-order valence-electron chi connectivity index (χ3n) is 1.31. The highest BCUT2D eigenvalue weighted by Crippen LogP contribution is 2.25. The molecule has 0 unspecified atom stereocenters. The minimum absolute atomic E-state index is 0.483. The molecule has 0 aliphatic carbocycles. The molecule has 1 N–H and O–H groups in total. The van der Waals surface area contributed by atoms with Gasteiger partial charge in [0.15, 0.2) is 0 Å². The predicted molar refractivity (Wildman–Crippen MR) is 56.6 cm³/mol. The summed E-state index contributed by atoms with van der Waals surface area (Å²) >= 11 is 8.94. The summed E-state index contributed by atoms with van der Waals surface area (Å²) in [6, 6.07) is 5.01. The van der Waals surface area contributed by atoms with Crippen molar-refractivity contribution >= 4 is 39.1 Å². The van der Waals surface area contributed by atoms with Crippen LogP contribution in [0.5, 0.6) is 0 Å². The van der Waals surface area contributed by atoms with Gasteiger partial charge in [-0.2, -0.15) is 0 Å². The van der Waals surface area contributed by atoms with Crippen molar-refractivity contribution in [1.82, 2.24) is 0 Å². The van der Waals surface area contributed by atoms with E-state index < -0.39 is 5.91 Å². The molecule has 1 rings (SSSR count). The standard InChI is InChI=1S/C9H5BrClNO/c1-2-9(13)12-8-4-3-6(11)5-7(8)10/h1,3-5H,(H,12,13). The topological polar surface area (TPSA) is 29.1 Å². The van der Waals surface area contributed by atoms with Crippen molar-refractivity contribution in [2.75, 3.05) is 5.32 Å². The van der Waals surface area contributed by atoms with E-state index >= 15 is 0 Å². The Morgan fingerprint density at radius 3 is 2.85 bits per heavy atom. The summed E-state index contributed by atoms with van der Waals surface area (Å²) < 4.78 is 0.698. The van der Waals surface area contributed by atoms with Gasteiger partial charge in [0.1, 0.15) is 0 Å². The number of rotatable bonds is 1. The van der Waals surface area contributed by atoms with E-state index in [0.29, 0.717) is 15.2 Å². The maximum atomic E-state index is 10.8. The van der Waals surface area contributed by atoms with Crippen LogP contribution in [0, 0.1) is 12.3 Å². The number of nitrogens with one attached hydrogen (secondary N) is 1. The van der Waals surface area contributed by atoms with E-state index in [-0.39, 0.29) is 0 Å². The van der Waals surface area contributed by atoms with Crippen molar-refractivity contribution in [2.24, 2.45) is 0 Å². The zero-order chi connectivity index (χ0) is 9.84. The minimum Gasteiger partial charge on any atom is -0.314 e. The quantitative estimate of drug-likeness (QED) is 0.771. The van der Waals surface area contributed by atoms with E-state index in [0.717, 1.165) is 0 Å². The third kappa shape index (κ3) is 2.76. The summed E-state index contributed by atoms with van der Waals surface area (Å²) in [6.07, 6.45) is 4.90. The number of anilines is 1. The Kier molecular flexibility index (Phi) is 3.35. The van der Waals surface area contributed by atoms with Crippen molar-refractivity contribution in [3.05, 3.63) is 27.7 Å². The summed E-state index contributed by atoms with van der Waals surface area (Å²) in [5.41, 5.74) is 0.604. The molecule has 2 nitrogen and oxygen atoms in total. The van der Waals surface area contributed by atoms with E-state index in [1.54, 1.807) is 18.2 Å². The third-order valence-corrected chi connectivity index (χ3v) is 2.20. The lowest BCUT2D eigenvalue weighted by Crippen LogP contribution is -2.08. The first-order valence-corrected chi connectivity index (χ1v) is 4.53. The van der Waals surface area contributed by atoms with E-state index in [2.05, 4.69) is 21.2 Å². The molecule has 1 amide bonds. The Hall–Kier alpha value is -0.980. The van der Waals surface area contributed by atoms with Gasteiger partial charge in [0, 0.05) is 9.50 Å². The highest BCUT2D eigenvalue weighted by Gasteiger charge is 2.02. The molecule has 1 aromatic rings. The second kappa shape index (κ2) is 4.31. The van der Waals surface area contributed by atoms with Gasteiger partial charge in [-0.3, -0.25) is 4.79 Å². The fourth-order valence-electron chi connectivity index (χ4n) is 0.749. The minimum atomic E-state index is -0.483. The Morgan fingerprint density at radius 2 is 2.31 bits per heavy atom. The normalized spacial score (nSPS) is 9.00. The monoisotopic (exact) mass is 257 g/mol. The molecule has 0 aliphatic rings. The molecule has 0 aromatic heterocycles. The SMILES string of the molecule is C#CC(=O)Nc1ccc(Cl)cc1Br. The molecule has 0 fully saturated rings. The average Bonchev–Trinajstić information content (AvgIpc) is 2.09. The van der Waals surface area contributed by atoms with Gasteiger partial charge in [0.25, 0.3) is 5.91 Å². The summed E-state index contributed by atoms with van der Waals surface area (Å²) in [6.45, 7) is 0. The second-order valence-corrected chi connectivity index (χ2v) is 3.51. The molecule has 0 spiro atoms. The van der Waals surface area contributed by atoms with Crippen LogP contribution in [0.1, 0.15) is 0 Å². The van der Waals surface area contributed by atoms with Crippen LogP contribution in [0.3, 0.4) is 0 Å². The van der Waals surface area contributed by atoms with Crippen LogP contribution in [-0.4, -0.2) is 5.91 Å². The number of hydrogen-bond acceptors (Lipinski definition) is 1. The molecule has 4 heteroatoms. The Bertz CT molecular complexity index is 384. The van der Waals surface area contributed by atoms with Crippen LogP contribution in [0.15, 0.2) is 22.7 Å². The molecule has 0 saturated heterocycles. The fraction of sp³-hybridized carbons (Fsp3) is 0. The highest BCUT2D eigenvalue weighted by atomic mass is 79.9. The van der Waals surface area contributed by atoms with E-state index in [9.17, 15) is 4.79 Å². The molecule has 0 aliphatic heterocycles. The number of hydrogen-bond donors (Lipinski definition) is 1. The largest absolute Gasteiger partial charge is 0.314 e. The van der Waals surface area contributed by atoms with Crippen LogP contribution in [0.2, 0.25) is 5.02 Å². The van der Waals surface area contributed by atoms with Gasteiger partial charge in [0.05, 0.1) is 5.69 Å². The number of benzene rings is 1. The first-order chi connectivity index (χ1) is 6.13. The van der Waals surface area contributed by atoms with E-state index in [4.69, 9.17) is 18.0 Å². The number of amides is 1. The van der Waals surface area contributed by atoms with Gasteiger partial charge in [-0.05, 0) is 40.0 Å². The number of carbonyl (C=O) groups is 1. The first kappa shape index (κ1) is 10.1. The van der Waals surface area contributed by atoms with E-state index in [1.165, 1.54) is 0 Å². The van der Waals surface area contributed by atoms with Crippen molar-refractivity contribution in [1.29, 1.82) is 0 Å². The fourth-order valence-corrected chi connectivity index (χ4v) is 1.53. The smallest absolute Gasteiger partial charge is 0.300 e. The van der Waals surface area contributed by atoms with Gasteiger partial charge in [-0.1, -0.05) is 11.6 Å². The average molecular weight is 259 g/mol. The summed E-state index contributed by atoms with van der Waals surface area (Å²) in [7, 11) is 0. The predicted octanol–water partition coefficient (Wildman–Crippen LogP) is 2.67. The Morgan fingerprint density at radius 1 is 1.62 bits per heavy atom. The molecular weight excluding hydrogens is 253 g/mol. The lowest BCUT2D eigenvalue weighted by molar-refractivity contribution is -0.111. The molecule has 0 saturated carbocycles. The molecular formula is C9H5BrClNO. The number of carbonyl (C=O) groups excluding carboxylic acids is 1. The van der Waals surface area contributed by atoms with Gasteiger partial charge in [-0.25, -0.2) is 0 Å². The van der Waals surface area contributed by atoms with Crippen LogP contribution >= 0.6 is 27.5 Å². The maximum Gasteiger partial charge on any atom is 0.300 e. The summed E-state index contributed by atoms with van der Waals surface area (Å²) in [5, 5.41) is 3.10. The molecule has 0 heterocycles. The maximum absolute atomic E-state index is 10.8. The van der Waals surface area contributed by atoms with Crippen LogP contribution < -0.4 is 5.32 Å². The zero-order valence-electron chi connectivity index (χ0n) is 6.47. The van der Waals surface area contributed by atoms with Crippen molar-refractivity contribution < 1.29 is 4.79 Å². The Balaban J connectivity index is 2.91. The van der Waals surface area contributed by atoms with Gasteiger partial charge < -0.3 is 5.32 Å². The lowest BCUT2D eigenvalue weighted by Gasteiger charge is -2.03. The number of halogens is 2. The van der Waals surface area contributed by atoms with E-state index in [1.807, 2.05) is 5.92 Å². The lowest BCUT2D eigenvalue weighted by atomic mass is 10.3. The first-order valence-electron chi connectivity index (χ1n) is 3.36. The molecule has 0 atom stereocenters. The highest BCUT2D eigenvalue weighted by molar-refractivity contribution is 9.10. The van der Waals surface area contributed by atoms with Crippen molar-refractivity contribution in [2.45, 2.75) is 0 Å². The van der Waals surface area contributed by atoms with Crippen LogP contribution in [0.4, 0.5) is 5.69 Å². The molecule has 0 radical (unpaired) electrons. The molecule has 0 bridgehead atoms. The second-order valence-electron chi connectivity index (χ2n) is 2.22. The van der Waals surface area contributed by atoms with Gasteiger partial charge >= 0.3 is 0 Å².